The Balaban J connectivity index is 1.82. The van der Waals surface area contributed by atoms with Gasteiger partial charge in [-0.2, -0.15) is 0 Å². The van der Waals surface area contributed by atoms with E-state index in [0.717, 1.165) is 35.5 Å². The van der Waals surface area contributed by atoms with Gasteiger partial charge in [0.2, 0.25) is 5.91 Å². The van der Waals surface area contributed by atoms with Crippen LogP contribution in [0.25, 0.3) is 0 Å². The number of nitrogens with zero attached hydrogens (tertiary/aromatic N) is 2. The van der Waals surface area contributed by atoms with E-state index in [1.54, 1.807) is 30.2 Å². The average molecular weight is 280 g/mol. The number of phenolic OH excluding ortho intramolecular Hbond substituents is 1. The molecule has 21 heavy (non-hydrogen) atoms. The van der Waals surface area contributed by atoms with Crippen LogP contribution in [0.2, 0.25) is 0 Å². The molecule has 1 heterocycles. The number of aromatic hydroxyl groups is 1. The van der Waals surface area contributed by atoms with Gasteiger partial charge in [-0.3, -0.25) is 9.79 Å². The largest absolute Gasteiger partial charge is 0.508 e. The number of carbonyl (C=O) groups is 1. The summed E-state index contributed by atoms with van der Waals surface area (Å²) in [6, 6.07) is 12.8. The van der Waals surface area contributed by atoms with Crippen LogP contribution in [0, 0.1) is 0 Å². The van der Waals surface area contributed by atoms with Crippen molar-refractivity contribution < 1.29 is 9.90 Å². The smallest absolute Gasteiger partial charge is 0.223 e. The van der Waals surface area contributed by atoms with Crippen LogP contribution in [0.5, 0.6) is 5.75 Å². The van der Waals surface area contributed by atoms with Crippen molar-refractivity contribution in [2.24, 2.45) is 4.99 Å². The van der Waals surface area contributed by atoms with Crippen LogP contribution >= 0.6 is 0 Å². The lowest BCUT2D eigenvalue weighted by Gasteiger charge is -2.14. The molecule has 1 amide bonds. The second kappa shape index (κ2) is 5.40. The molecule has 0 fully saturated rings. The Morgan fingerprint density at radius 2 is 2.00 bits per heavy atom. The molecule has 0 aromatic heterocycles. The third-order valence-electron chi connectivity index (χ3n) is 3.59. The van der Waals surface area contributed by atoms with Crippen molar-refractivity contribution in [3.05, 3.63) is 53.6 Å². The molecule has 0 bridgehead atoms. The van der Waals surface area contributed by atoms with Crippen molar-refractivity contribution in [1.82, 2.24) is 0 Å². The number of rotatable bonds is 2. The van der Waals surface area contributed by atoms with Crippen molar-refractivity contribution in [3.8, 4) is 5.75 Å². The normalized spacial score (nSPS) is 13.7. The number of hydrogen-bond acceptors (Lipinski definition) is 3. The van der Waals surface area contributed by atoms with Gasteiger partial charge in [0.1, 0.15) is 5.75 Å². The van der Waals surface area contributed by atoms with E-state index in [-0.39, 0.29) is 11.7 Å². The van der Waals surface area contributed by atoms with Gasteiger partial charge in [0, 0.05) is 25.4 Å². The summed E-state index contributed by atoms with van der Waals surface area (Å²) in [6.07, 6.45) is 2.64. The van der Waals surface area contributed by atoms with Crippen LogP contribution in [-0.4, -0.2) is 23.8 Å². The summed E-state index contributed by atoms with van der Waals surface area (Å²) in [5.74, 6) is 0.322. The predicted molar refractivity (Wildman–Crippen MR) is 83.5 cm³/mol. The van der Waals surface area contributed by atoms with Gasteiger partial charge in [-0.15, -0.1) is 0 Å². The molecule has 2 aromatic rings. The molecule has 0 atom stereocenters. The molecule has 0 spiro atoms. The molecule has 0 saturated heterocycles. The summed E-state index contributed by atoms with van der Waals surface area (Å²) in [7, 11) is 0. The van der Waals surface area contributed by atoms with Gasteiger partial charge in [0.15, 0.2) is 0 Å². The molecule has 1 aliphatic rings. The Morgan fingerprint density at radius 1 is 1.24 bits per heavy atom. The quantitative estimate of drug-likeness (QED) is 0.860. The molecule has 1 aliphatic heterocycles. The van der Waals surface area contributed by atoms with E-state index in [2.05, 4.69) is 4.99 Å². The number of fused-ring (bicyclic) bond motifs is 1. The minimum Gasteiger partial charge on any atom is -0.508 e. The second-order valence-electron chi connectivity index (χ2n) is 5.08. The van der Waals surface area contributed by atoms with E-state index in [0.29, 0.717) is 0 Å². The highest BCUT2D eigenvalue weighted by atomic mass is 16.3. The Bertz CT molecular complexity index is 705. The minimum absolute atomic E-state index is 0.0779. The highest BCUT2D eigenvalue weighted by Gasteiger charge is 2.21. The predicted octanol–water partition coefficient (Wildman–Crippen LogP) is 3.05. The van der Waals surface area contributed by atoms with Crippen LogP contribution in [-0.2, 0) is 11.2 Å². The van der Waals surface area contributed by atoms with E-state index >= 15 is 0 Å². The number of amides is 1. The Kier molecular flexibility index (Phi) is 3.44. The minimum atomic E-state index is 0.0779. The van der Waals surface area contributed by atoms with Crippen molar-refractivity contribution in [3.63, 3.8) is 0 Å². The molecular weight excluding hydrogens is 264 g/mol. The fourth-order valence-electron chi connectivity index (χ4n) is 2.51. The standard InChI is InChI=1S/C17H16N2O2/c1-12(20)19-9-8-14-10-15(4-7-17(14)19)18-11-13-2-5-16(21)6-3-13/h2-7,10-11,21H,8-9H2,1H3. The molecule has 0 unspecified atom stereocenters. The molecule has 3 rings (SSSR count). The first-order chi connectivity index (χ1) is 10.1. The lowest BCUT2D eigenvalue weighted by Crippen LogP contribution is -2.25. The number of anilines is 1. The number of benzene rings is 2. The molecular formula is C17H16N2O2. The number of carbonyl (C=O) groups excluding carboxylic acids is 1. The first-order valence-electron chi connectivity index (χ1n) is 6.87. The first-order valence-corrected chi connectivity index (χ1v) is 6.87. The van der Waals surface area contributed by atoms with Gasteiger partial charge in [-0.25, -0.2) is 0 Å². The molecule has 2 aromatic carbocycles. The lowest BCUT2D eigenvalue weighted by atomic mass is 10.1. The summed E-state index contributed by atoms with van der Waals surface area (Å²) in [5, 5.41) is 9.24. The third-order valence-corrected chi connectivity index (χ3v) is 3.59. The van der Waals surface area contributed by atoms with E-state index in [1.165, 1.54) is 0 Å². The van der Waals surface area contributed by atoms with E-state index in [9.17, 15) is 9.90 Å². The fourth-order valence-corrected chi connectivity index (χ4v) is 2.51. The zero-order valence-corrected chi connectivity index (χ0v) is 11.8. The fraction of sp³-hybridized carbons (Fsp3) is 0.176. The van der Waals surface area contributed by atoms with Gasteiger partial charge in [-0.1, -0.05) is 0 Å². The summed E-state index contributed by atoms with van der Waals surface area (Å²) in [4.78, 5) is 17.7. The molecule has 4 heteroatoms. The van der Waals surface area contributed by atoms with Gasteiger partial charge < -0.3 is 10.0 Å². The van der Waals surface area contributed by atoms with E-state index in [1.807, 2.05) is 30.3 Å². The van der Waals surface area contributed by atoms with Crippen molar-refractivity contribution in [2.75, 3.05) is 11.4 Å². The number of phenols is 1. The summed E-state index contributed by atoms with van der Waals surface area (Å²) >= 11 is 0. The topological polar surface area (TPSA) is 52.9 Å². The van der Waals surface area contributed by atoms with Gasteiger partial charge >= 0.3 is 0 Å². The maximum Gasteiger partial charge on any atom is 0.223 e. The van der Waals surface area contributed by atoms with Crippen LogP contribution in [0.4, 0.5) is 11.4 Å². The second-order valence-corrected chi connectivity index (χ2v) is 5.08. The van der Waals surface area contributed by atoms with Crippen LogP contribution in [0.1, 0.15) is 18.1 Å². The third kappa shape index (κ3) is 2.79. The highest BCUT2D eigenvalue weighted by molar-refractivity contribution is 5.94. The lowest BCUT2D eigenvalue weighted by molar-refractivity contribution is -0.116. The number of aliphatic imine (C=N–C) groups is 1. The Labute approximate surface area is 123 Å². The maximum atomic E-state index is 11.5. The van der Waals surface area contributed by atoms with Gasteiger partial charge in [-0.05, 0) is 60.0 Å². The highest BCUT2D eigenvalue weighted by Crippen LogP contribution is 2.31. The first kappa shape index (κ1) is 13.4. The average Bonchev–Trinajstić information content (AvgIpc) is 2.90. The molecule has 4 nitrogen and oxygen atoms in total. The Morgan fingerprint density at radius 3 is 2.71 bits per heavy atom. The van der Waals surface area contributed by atoms with Crippen molar-refractivity contribution >= 4 is 23.5 Å². The van der Waals surface area contributed by atoms with Gasteiger partial charge in [0.25, 0.3) is 0 Å². The Hall–Kier alpha value is -2.62. The maximum absolute atomic E-state index is 11.5. The molecule has 0 aliphatic carbocycles. The van der Waals surface area contributed by atoms with Crippen LogP contribution in [0.3, 0.4) is 0 Å². The van der Waals surface area contributed by atoms with Crippen molar-refractivity contribution in [2.45, 2.75) is 13.3 Å². The van der Waals surface area contributed by atoms with Gasteiger partial charge in [0.05, 0.1) is 5.69 Å². The molecule has 0 radical (unpaired) electrons. The zero-order valence-electron chi connectivity index (χ0n) is 11.8. The zero-order chi connectivity index (χ0) is 14.8. The van der Waals surface area contributed by atoms with Crippen LogP contribution in [0.15, 0.2) is 47.5 Å². The van der Waals surface area contributed by atoms with E-state index < -0.39 is 0 Å². The van der Waals surface area contributed by atoms with Crippen LogP contribution < -0.4 is 4.90 Å². The summed E-state index contributed by atoms with van der Waals surface area (Å²) < 4.78 is 0. The van der Waals surface area contributed by atoms with Crippen molar-refractivity contribution in [1.29, 1.82) is 0 Å². The number of hydrogen-bond donors (Lipinski definition) is 1. The molecule has 106 valence electrons. The SMILES string of the molecule is CC(=O)N1CCc2cc(N=Cc3ccc(O)cc3)ccc21. The van der Waals surface area contributed by atoms with E-state index in [4.69, 9.17) is 0 Å². The molecule has 1 N–H and O–H groups in total. The molecule has 0 saturated carbocycles. The monoisotopic (exact) mass is 280 g/mol. The summed E-state index contributed by atoms with van der Waals surface area (Å²) in [5.41, 5.74) is 3.95. The summed E-state index contributed by atoms with van der Waals surface area (Å²) in [6.45, 7) is 2.34.